The van der Waals surface area contributed by atoms with Gasteiger partial charge in [0, 0.05) is 29.3 Å². The highest BCUT2D eigenvalue weighted by atomic mass is 32.1. The summed E-state index contributed by atoms with van der Waals surface area (Å²) < 4.78 is 0. The third-order valence-corrected chi connectivity index (χ3v) is 6.37. The summed E-state index contributed by atoms with van der Waals surface area (Å²) in [7, 11) is 0. The predicted molar refractivity (Wildman–Crippen MR) is 101 cm³/mol. The summed E-state index contributed by atoms with van der Waals surface area (Å²) in [4.78, 5) is 17.2. The fourth-order valence-corrected chi connectivity index (χ4v) is 4.87. The van der Waals surface area contributed by atoms with Crippen molar-refractivity contribution < 1.29 is 4.79 Å². The maximum Gasteiger partial charge on any atom is 0.265 e. The highest BCUT2D eigenvalue weighted by molar-refractivity contribution is 7.14. The molecular formula is C20H24N2OS. The fraction of sp³-hybridized carbons (Fsp3) is 0.450. The molecule has 1 saturated heterocycles. The van der Waals surface area contributed by atoms with Crippen LogP contribution >= 0.6 is 11.3 Å². The highest BCUT2D eigenvalue weighted by Gasteiger charge is 2.19. The molecule has 1 aliphatic heterocycles. The molecule has 1 N–H and O–H groups in total. The molecule has 3 nitrogen and oxygen atoms in total. The summed E-state index contributed by atoms with van der Waals surface area (Å²) in [5.74, 6) is 0.797. The minimum absolute atomic E-state index is 0.0249. The van der Waals surface area contributed by atoms with Crippen LogP contribution in [0.3, 0.4) is 0 Å². The second kappa shape index (κ2) is 6.60. The molecule has 0 saturated carbocycles. The zero-order valence-electron chi connectivity index (χ0n) is 14.2. The van der Waals surface area contributed by atoms with Crippen molar-refractivity contribution in [3.05, 3.63) is 45.6 Å². The van der Waals surface area contributed by atoms with Crippen molar-refractivity contribution >= 4 is 28.6 Å². The molecule has 24 heavy (non-hydrogen) atoms. The SMILES string of the molecule is CC1CCN(c2ccc(NC(=O)c3cc4c(s3)CCCC4)cc2)C1. The maximum atomic E-state index is 12.5. The van der Waals surface area contributed by atoms with E-state index in [0.717, 1.165) is 42.4 Å². The average molecular weight is 340 g/mol. The van der Waals surface area contributed by atoms with E-state index < -0.39 is 0 Å². The van der Waals surface area contributed by atoms with Gasteiger partial charge in [0.15, 0.2) is 0 Å². The van der Waals surface area contributed by atoms with Crippen LogP contribution in [-0.4, -0.2) is 19.0 Å². The molecule has 0 spiro atoms. The lowest BCUT2D eigenvalue weighted by Gasteiger charge is -2.18. The Balaban J connectivity index is 1.43. The minimum Gasteiger partial charge on any atom is -0.371 e. The maximum absolute atomic E-state index is 12.5. The number of nitrogens with zero attached hydrogens (tertiary/aromatic N) is 1. The van der Waals surface area contributed by atoms with E-state index in [4.69, 9.17) is 0 Å². The molecule has 2 aliphatic rings. The van der Waals surface area contributed by atoms with Crippen molar-refractivity contribution in [2.45, 2.75) is 39.0 Å². The zero-order chi connectivity index (χ0) is 16.5. The standard InChI is InChI=1S/C20H24N2OS/c1-14-10-11-22(13-14)17-8-6-16(7-9-17)21-20(23)19-12-15-4-2-3-5-18(15)24-19/h6-9,12,14H,2-5,10-11,13H2,1H3,(H,21,23). The number of aryl methyl sites for hydroxylation is 2. The van der Waals surface area contributed by atoms with Crippen LogP contribution in [0.4, 0.5) is 11.4 Å². The molecule has 4 heteroatoms. The lowest BCUT2D eigenvalue weighted by atomic mass is 9.99. The third-order valence-electron chi connectivity index (χ3n) is 5.13. The molecule has 1 fully saturated rings. The van der Waals surface area contributed by atoms with Gasteiger partial charge in [0.2, 0.25) is 0 Å². The van der Waals surface area contributed by atoms with Crippen LogP contribution in [0.25, 0.3) is 0 Å². The van der Waals surface area contributed by atoms with E-state index in [1.54, 1.807) is 11.3 Å². The van der Waals surface area contributed by atoms with E-state index >= 15 is 0 Å². The number of rotatable bonds is 3. The first-order chi connectivity index (χ1) is 11.7. The molecular weight excluding hydrogens is 316 g/mol. The van der Waals surface area contributed by atoms with Crippen LogP contribution in [-0.2, 0) is 12.8 Å². The van der Waals surface area contributed by atoms with Crippen molar-refractivity contribution in [3.8, 4) is 0 Å². The van der Waals surface area contributed by atoms with Crippen molar-refractivity contribution in [2.75, 3.05) is 23.3 Å². The fourth-order valence-electron chi connectivity index (χ4n) is 3.72. The van der Waals surface area contributed by atoms with Gasteiger partial charge in [0.25, 0.3) is 5.91 Å². The van der Waals surface area contributed by atoms with Gasteiger partial charge in [-0.05, 0) is 73.9 Å². The smallest absolute Gasteiger partial charge is 0.265 e. The molecule has 2 aromatic rings. The monoisotopic (exact) mass is 340 g/mol. The summed E-state index contributed by atoms with van der Waals surface area (Å²) in [5.41, 5.74) is 3.52. The molecule has 4 rings (SSSR count). The summed E-state index contributed by atoms with van der Waals surface area (Å²) in [6.45, 7) is 4.56. The number of fused-ring (bicyclic) bond motifs is 1. The normalized spacial score (nSPS) is 20.0. The van der Waals surface area contributed by atoms with Crippen molar-refractivity contribution in [1.29, 1.82) is 0 Å². The predicted octanol–water partition coefficient (Wildman–Crippen LogP) is 4.73. The molecule has 1 unspecified atom stereocenters. The largest absolute Gasteiger partial charge is 0.371 e. The van der Waals surface area contributed by atoms with E-state index in [9.17, 15) is 4.79 Å². The average Bonchev–Trinajstić information content (AvgIpc) is 3.21. The number of anilines is 2. The number of hydrogen-bond acceptors (Lipinski definition) is 3. The Bertz CT molecular complexity index is 711. The Morgan fingerprint density at radius 2 is 2.00 bits per heavy atom. The van der Waals surface area contributed by atoms with Crippen molar-refractivity contribution in [1.82, 2.24) is 0 Å². The van der Waals surface area contributed by atoms with Gasteiger partial charge in [-0.1, -0.05) is 6.92 Å². The number of carbonyl (C=O) groups is 1. The molecule has 126 valence electrons. The molecule has 0 radical (unpaired) electrons. The van der Waals surface area contributed by atoms with Gasteiger partial charge in [-0.25, -0.2) is 0 Å². The summed E-state index contributed by atoms with van der Waals surface area (Å²) >= 11 is 1.67. The third kappa shape index (κ3) is 3.20. The van der Waals surface area contributed by atoms with Gasteiger partial charge >= 0.3 is 0 Å². The van der Waals surface area contributed by atoms with Crippen LogP contribution in [0.1, 0.15) is 46.3 Å². The quantitative estimate of drug-likeness (QED) is 0.876. The lowest BCUT2D eigenvalue weighted by molar-refractivity contribution is 0.103. The molecule has 1 aromatic carbocycles. The van der Waals surface area contributed by atoms with E-state index in [0.29, 0.717) is 0 Å². The first-order valence-electron chi connectivity index (χ1n) is 8.97. The summed E-state index contributed by atoms with van der Waals surface area (Å²) in [6.07, 6.45) is 6.03. The second-order valence-electron chi connectivity index (χ2n) is 7.11. The van der Waals surface area contributed by atoms with Gasteiger partial charge in [0.05, 0.1) is 4.88 Å². The molecule has 1 atom stereocenters. The topological polar surface area (TPSA) is 32.3 Å². The van der Waals surface area contributed by atoms with Crippen molar-refractivity contribution in [2.24, 2.45) is 5.92 Å². The Labute approximate surface area is 147 Å². The number of benzene rings is 1. The first-order valence-corrected chi connectivity index (χ1v) is 9.78. The Hall–Kier alpha value is -1.81. The van der Waals surface area contributed by atoms with E-state index in [2.05, 4.69) is 35.3 Å². The Morgan fingerprint density at radius 1 is 1.21 bits per heavy atom. The number of carbonyl (C=O) groups excluding carboxylic acids is 1. The number of amides is 1. The van der Waals surface area contributed by atoms with E-state index in [1.807, 2.05) is 12.1 Å². The Morgan fingerprint density at radius 3 is 2.71 bits per heavy atom. The van der Waals surface area contributed by atoms with Crippen LogP contribution in [0, 0.1) is 5.92 Å². The second-order valence-corrected chi connectivity index (χ2v) is 8.24. The highest BCUT2D eigenvalue weighted by Crippen LogP contribution is 2.30. The lowest BCUT2D eigenvalue weighted by Crippen LogP contribution is -2.19. The van der Waals surface area contributed by atoms with Crippen LogP contribution < -0.4 is 10.2 Å². The van der Waals surface area contributed by atoms with Crippen LogP contribution in [0.5, 0.6) is 0 Å². The molecule has 1 amide bonds. The summed E-state index contributed by atoms with van der Waals surface area (Å²) in [6, 6.07) is 10.4. The van der Waals surface area contributed by atoms with Crippen LogP contribution in [0.2, 0.25) is 0 Å². The number of hydrogen-bond donors (Lipinski definition) is 1. The van der Waals surface area contributed by atoms with Crippen molar-refractivity contribution in [3.63, 3.8) is 0 Å². The van der Waals surface area contributed by atoms with Gasteiger partial charge in [-0.2, -0.15) is 0 Å². The number of nitrogens with one attached hydrogen (secondary N) is 1. The van der Waals surface area contributed by atoms with E-state index in [1.165, 1.54) is 35.4 Å². The number of thiophene rings is 1. The van der Waals surface area contributed by atoms with Gasteiger partial charge < -0.3 is 10.2 Å². The first kappa shape index (κ1) is 15.7. The Kier molecular flexibility index (Phi) is 4.31. The zero-order valence-corrected chi connectivity index (χ0v) is 15.0. The van der Waals surface area contributed by atoms with Gasteiger partial charge in [0.1, 0.15) is 0 Å². The molecule has 1 aliphatic carbocycles. The molecule has 1 aromatic heterocycles. The van der Waals surface area contributed by atoms with Gasteiger partial charge in [-0.15, -0.1) is 11.3 Å². The summed E-state index contributed by atoms with van der Waals surface area (Å²) in [5, 5.41) is 3.05. The molecule has 0 bridgehead atoms. The molecule has 2 heterocycles. The van der Waals surface area contributed by atoms with E-state index in [-0.39, 0.29) is 5.91 Å². The van der Waals surface area contributed by atoms with Crippen LogP contribution in [0.15, 0.2) is 30.3 Å². The van der Waals surface area contributed by atoms with Gasteiger partial charge in [-0.3, -0.25) is 4.79 Å². The minimum atomic E-state index is 0.0249.